The van der Waals surface area contributed by atoms with Crippen LogP contribution in [0.1, 0.15) is 26.7 Å². The number of carbonyl (C=O) groups is 2. The first-order valence-corrected chi connectivity index (χ1v) is 6.60. The Labute approximate surface area is 123 Å². The molecule has 6 N–H and O–H groups in total. The standard InChI is InChI=1S/C13H24N2O6/c1-11(2)12(18,5-7(14)9(16)20-3)13(11,19)6-8(15)10(17)21-4/h7-8,18-19H,5-6,14-15H2,1-4H3/t7-,8-,12-,13+/m0/s1. The Morgan fingerprint density at radius 1 is 0.952 bits per heavy atom. The number of hydrogen-bond donors (Lipinski definition) is 4. The number of rotatable bonds is 6. The average Bonchev–Trinajstić information content (AvgIpc) is 2.74. The summed E-state index contributed by atoms with van der Waals surface area (Å²) in [6.45, 7) is 3.22. The van der Waals surface area contributed by atoms with Crippen LogP contribution in [0.25, 0.3) is 0 Å². The lowest BCUT2D eigenvalue weighted by Gasteiger charge is -2.20. The number of methoxy groups -OCH3 is 2. The molecule has 21 heavy (non-hydrogen) atoms. The maximum Gasteiger partial charge on any atom is 0.322 e. The van der Waals surface area contributed by atoms with Crippen LogP contribution < -0.4 is 11.5 Å². The Kier molecular flexibility index (Phi) is 4.69. The molecule has 0 aliphatic heterocycles. The zero-order chi connectivity index (χ0) is 16.6. The van der Waals surface area contributed by atoms with Gasteiger partial charge in [0.25, 0.3) is 0 Å². The monoisotopic (exact) mass is 304 g/mol. The third kappa shape index (κ3) is 2.52. The molecule has 122 valence electrons. The number of ether oxygens (including phenoxy) is 2. The van der Waals surface area contributed by atoms with Gasteiger partial charge in [0.05, 0.1) is 14.2 Å². The van der Waals surface area contributed by atoms with E-state index in [-0.39, 0.29) is 12.8 Å². The van der Waals surface area contributed by atoms with Crippen molar-refractivity contribution in [2.24, 2.45) is 16.9 Å². The van der Waals surface area contributed by atoms with Crippen LogP contribution in [0, 0.1) is 5.41 Å². The average molecular weight is 304 g/mol. The van der Waals surface area contributed by atoms with Crippen molar-refractivity contribution in [2.45, 2.75) is 50.0 Å². The molecule has 1 saturated carbocycles. The first kappa shape index (κ1) is 17.8. The zero-order valence-corrected chi connectivity index (χ0v) is 12.8. The third-order valence-corrected chi connectivity index (χ3v) is 4.73. The van der Waals surface area contributed by atoms with Crippen LogP contribution in [0.3, 0.4) is 0 Å². The molecule has 0 radical (unpaired) electrons. The van der Waals surface area contributed by atoms with E-state index in [1.807, 2.05) is 0 Å². The SMILES string of the molecule is COC(=O)[C@@H](N)C[C@@]1(O)C(C)(C)[C@@]1(O)C[C@H](N)C(=O)OC. The second-order valence-corrected chi connectivity index (χ2v) is 6.01. The van der Waals surface area contributed by atoms with E-state index in [0.717, 1.165) is 0 Å². The van der Waals surface area contributed by atoms with Crippen LogP contribution in [0.5, 0.6) is 0 Å². The van der Waals surface area contributed by atoms with E-state index < -0.39 is 40.6 Å². The Morgan fingerprint density at radius 3 is 1.48 bits per heavy atom. The molecule has 1 aliphatic rings. The van der Waals surface area contributed by atoms with Crippen molar-refractivity contribution in [2.75, 3.05) is 14.2 Å². The Hall–Kier alpha value is -1.22. The van der Waals surface area contributed by atoms with Gasteiger partial charge in [0.1, 0.15) is 23.3 Å². The summed E-state index contributed by atoms with van der Waals surface area (Å²) in [7, 11) is 2.37. The van der Waals surface area contributed by atoms with Crippen molar-refractivity contribution < 1.29 is 29.3 Å². The third-order valence-electron chi connectivity index (χ3n) is 4.73. The number of hydrogen-bond acceptors (Lipinski definition) is 8. The fourth-order valence-corrected chi connectivity index (χ4v) is 2.97. The van der Waals surface area contributed by atoms with Gasteiger partial charge in [0, 0.05) is 18.3 Å². The van der Waals surface area contributed by atoms with Gasteiger partial charge >= 0.3 is 11.9 Å². The zero-order valence-electron chi connectivity index (χ0n) is 12.8. The van der Waals surface area contributed by atoms with Gasteiger partial charge in [0.15, 0.2) is 0 Å². The molecule has 8 heteroatoms. The first-order chi connectivity index (χ1) is 9.48. The van der Waals surface area contributed by atoms with Crippen molar-refractivity contribution in [3.8, 4) is 0 Å². The lowest BCUT2D eigenvalue weighted by Crippen LogP contribution is -2.43. The number of nitrogens with two attached hydrogens (primary N) is 2. The summed E-state index contributed by atoms with van der Waals surface area (Å²) < 4.78 is 9.01. The largest absolute Gasteiger partial charge is 0.468 e. The minimum atomic E-state index is -1.64. The lowest BCUT2D eigenvalue weighted by molar-refractivity contribution is -0.145. The molecule has 1 fully saturated rings. The van der Waals surface area contributed by atoms with Gasteiger partial charge in [-0.1, -0.05) is 13.8 Å². The van der Waals surface area contributed by atoms with Crippen molar-refractivity contribution >= 4 is 11.9 Å². The number of carbonyl (C=O) groups excluding carboxylic acids is 2. The first-order valence-electron chi connectivity index (χ1n) is 6.60. The summed E-state index contributed by atoms with van der Waals surface area (Å²) >= 11 is 0. The summed E-state index contributed by atoms with van der Waals surface area (Å²) in [5.74, 6) is -1.38. The predicted molar refractivity (Wildman–Crippen MR) is 72.9 cm³/mol. The van der Waals surface area contributed by atoms with Gasteiger partial charge in [-0.2, -0.15) is 0 Å². The van der Waals surface area contributed by atoms with Crippen LogP contribution in [0.4, 0.5) is 0 Å². The molecule has 0 heterocycles. The molecule has 0 saturated heterocycles. The lowest BCUT2D eigenvalue weighted by atomic mass is 10.00. The number of aliphatic hydroxyl groups is 2. The van der Waals surface area contributed by atoms with Crippen LogP contribution in [0.15, 0.2) is 0 Å². The van der Waals surface area contributed by atoms with E-state index in [1.165, 1.54) is 14.2 Å². The highest BCUT2D eigenvalue weighted by molar-refractivity contribution is 5.76. The summed E-state index contributed by atoms with van der Waals surface area (Å²) in [4.78, 5) is 22.8. The molecule has 0 aromatic rings. The summed E-state index contributed by atoms with van der Waals surface area (Å²) in [5.41, 5.74) is 7.03. The Bertz CT molecular complexity index is 402. The Balaban J connectivity index is 2.88. The molecule has 4 atom stereocenters. The second-order valence-electron chi connectivity index (χ2n) is 6.01. The number of esters is 2. The maximum atomic E-state index is 11.4. The van der Waals surface area contributed by atoms with Gasteiger partial charge in [-0.25, -0.2) is 0 Å². The van der Waals surface area contributed by atoms with Crippen LogP contribution in [-0.4, -0.2) is 59.7 Å². The van der Waals surface area contributed by atoms with E-state index in [4.69, 9.17) is 11.5 Å². The maximum absolute atomic E-state index is 11.4. The molecular formula is C13H24N2O6. The smallest absolute Gasteiger partial charge is 0.322 e. The predicted octanol–water partition coefficient (Wildman–Crippen LogP) is -1.73. The van der Waals surface area contributed by atoms with E-state index in [0.29, 0.717) is 0 Å². The molecule has 1 rings (SSSR count). The van der Waals surface area contributed by atoms with Crippen molar-refractivity contribution in [1.82, 2.24) is 0 Å². The summed E-state index contributed by atoms with van der Waals surface area (Å²) in [6, 6.07) is -2.16. The van der Waals surface area contributed by atoms with Gasteiger partial charge in [0.2, 0.25) is 0 Å². The molecule has 8 nitrogen and oxygen atoms in total. The van der Waals surface area contributed by atoms with Gasteiger partial charge < -0.3 is 31.2 Å². The quantitative estimate of drug-likeness (QED) is 0.423. The highest BCUT2D eigenvalue weighted by Crippen LogP contribution is 2.68. The van der Waals surface area contributed by atoms with E-state index in [2.05, 4.69) is 9.47 Å². The van der Waals surface area contributed by atoms with E-state index in [9.17, 15) is 19.8 Å². The fourth-order valence-electron chi connectivity index (χ4n) is 2.97. The van der Waals surface area contributed by atoms with Crippen LogP contribution in [0.2, 0.25) is 0 Å². The van der Waals surface area contributed by atoms with E-state index in [1.54, 1.807) is 13.8 Å². The highest BCUT2D eigenvalue weighted by Gasteiger charge is 2.82. The topological polar surface area (TPSA) is 145 Å². The van der Waals surface area contributed by atoms with Crippen molar-refractivity contribution in [3.63, 3.8) is 0 Å². The van der Waals surface area contributed by atoms with E-state index >= 15 is 0 Å². The van der Waals surface area contributed by atoms with Crippen molar-refractivity contribution in [3.05, 3.63) is 0 Å². The second kappa shape index (κ2) is 5.53. The van der Waals surface area contributed by atoms with Gasteiger partial charge in [-0.3, -0.25) is 9.59 Å². The van der Waals surface area contributed by atoms with Crippen LogP contribution >= 0.6 is 0 Å². The molecular weight excluding hydrogens is 280 g/mol. The molecule has 0 aromatic carbocycles. The molecule has 0 aromatic heterocycles. The molecule has 0 amide bonds. The molecule has 0 spiro atoms. The summed E-state index contributed by atoms with van der Waals surface area (Å²) in [5, 5.41) is 21.3. The van der Waals surface area contributed by atoms with Gasteiger partial charge in [-0.15, -0.1) is 0 Å². The minimum Gasteiger partial charge on any atom is -0.468 e. The minimum absolute atomic E-state index is 0.197. The fraction of sp³-hybridized carbons (Fsp3) is 0.846. The summed E-state index contributed by atoms with van der Waals surface area (Å²) in [6.07, 6.45) is -0.395. The Morgan fingerprint density at radius 2 is 1.24 bits per heavy atom. The molecule has 1 aliphatic carbocycles. The molecule has 0 bridgehead atoms. The van der Waals surface area contributed by atoms with Crippen LogP contribution in [-0.2, 0) is 19.1 Å². The normalized spacial score (nSPS) is 33.0. The van der Waals surface area contributed by atoms with Gasteiger partial charge in [-0.05, 0) is 0 Å². The highest BCUT2D eigenvalue weighted by atomic mass is 16.5. The molecule has 0 unspecified atom stereocenters. The van der Waals surface area contributed by atoms with Crippen molar-refractivity contribution in [1.29, 1.82) is 0 Å².